The van der Waals surface area contributed by atoms with Crippen LogP contribution >= 0.6 is 0 Å². The van der Waals surface area contributed by atoms with Crippen LogP contribution in [0.5, 0.6) is 0 Å². The molecule has 1 aromatic heterocycles. The molecule has 84 valence electrons. The number of rotatable bonds is 3. The zero-order valence-corrected chi connectivity index (χ0v) is 8.84. The Labute approximate surface area is 92.4 Å². The van der Waals surface area contributed by atoms with Crippen LogP contribution in [0.3, 0.4) is 0 Å². The molecule has 1 N–H and O–H groups in total. The number of hydrogen-bond donors (Lipinski definition) is 1. The molecule has 2 aromatic rings. The summed E-state index contributed by atoms with van der Waals surface area (Å²) in [5, 5.41) is 17.0. The molecule has 1 aromatic carbocycles. The van der Waals surface area contributed by atoms with Crippen LogP contribution in [0.2, 0.25) is 0 Å². The first-order valence-corrected chi connectivity index (χ1v) is 4.97. The molecule has 0 aliphatic carbocycles. The quantitative estimate of drug-likeness (QED) is 0.854. The number of halogens is 1. The average molecular weight is 221 g/mol. The lowest BCUT2D eigenvalue weighted by molar-refractivity contribution is 0.184. The predicted octanol–water partition coefficient (Wildman–Crippen LogP) is 1.52. The van der Waals surface area contributed by atoms with Crippen molar-refractivity contribution in [3.05, 3.63) is 47.8 Å². The summed E-state index contributed by atoms with van der Waals surface area (Å²) < 4.78 is 14.7. The van der Waals surface area contributed by atoms with Crippen LogP contribution < -0.4 is 0 Å². The van der Waals surface area contributed by atoms with Crippen LogP contribution in [-0.2, 0) is 6.54 Å². The zero-order chi connectivity index (χ0) is 11.5. The van der Waals surface area contributed by atoms with Crippen molar-refractivity contribution in [2.45, 2.75) is 19.6 Å². The topological polar surface area (TPSA) is 50.9 Å². The maximum atomic E-state index is 13.0. The van der Waals surface area contributed by atoms with Gasteiger partial charge in [-0.1, -0.05) is 12.1 Å². The second-order valence-corrected chi connectivity index (χ2v) is 3.62. The highest BCUT2D eigenvalue weighted by Gasteiger charge is 2.10. The predicted molar refractivity (Wildman–Crippen MR) is 56.2 cm³/mol. The summed E-state index contributed by atoms with van der Waals surface area (Å²) in [4.78, 5) is 0. The monoisotopic (exact) mass is 221 g/mol. The van der Waals surface area contributed by atoms with Crippen molar-refractivity contribution in [1.82, 2.24) is 14.8 Å². The molecule has 0 saturated heterocycles. The summed E-state index contributed by atoms with van der Waals surface area (Å²) in [6.45, 7) is 2.07. The van der Waals surface area contributed by atoms with Crippen molar-refractivity contribution in [1.29, 1.82) is 0 Å². The van der Waals surface area contributed by atoms with Gasteiger partial charge in [0.1, 0.15) is 18.2 Å². The van der Waals surface area contributed by atoms with E-state index in [1.54, 1.807) is 17.6 Å². The normalized spacial score (nSPS) is 12.7. The highest BCUT2D eigenvalue weighted by atomic mass is 19.1. The van der Waals surface area contributed by atoms with Gasteiger partial charge >= 0.3 is 0 Å². The maximum absolute atomic E-state index is 13.0. The van der Waals surface area contributed by atoms with E-state index in [9.17, 15) is 9.50 Å². The molecule has 1 heterocycles. The smallest absolute Gasteiger partial charge is 0.161 e. The Hall–Kier alpha value is -1.75. The molecule has 0 amide bonds. The Morgan fingerprint density at radius 3 is 3.00 bits per heavy atom. The molecular formula is C11H12FN3O. The van der Waals surface area contributed by atoms with E-state index in [0.717, 1.165) is 5.56 Å². The lowest BCUT2D eigenvalue weighted by Crippen LogP contribution is -2.07. The largest absolute Gasteiger partial charge is 0.385 e. The van der Waals surface area contributed by atoms with Gasteiger partial charge in [0, 0.05) is 0 Å². The lowest BCUT2D eigenvalue weighted by Gasteiger charge is -2.08. The van der Waals surface area contributed by atoms with Crippen LogP contribution in [-0.4, -0.2) is 19.9 Å². The number of aromatic nitrogens is 3. The third-order valence-corrected chi connectivity index (χ3v) is 2.26. The summed E-state index contributed by atoms with van der Waals surface area (Å²) in [5.41, 5.74) is 0.807. The van der Waals surface area contributed by atoms with Crippen LogP contribution in [0.25, 0.3) is 0 Å². The molecule has 0 aliphatic rings. The molecule has 1 atom stereocenters. The summed E-state index contributed by atoms with van der Waals surface area (Å²) in [6.07, 6.45) is 0.837. The minimum atomic E-state index is -0.684. The fraction of sp³-hybridized carbons (Fsp3) is 0.273. The van der Waals surface area contributed by atoms with Crippen LogP contribution in [0, 0.1) is 5.82 Å². The molecule has 0 aliphatic heterocycles. The minimum Gasteiger partial charge on any atom is -0.385 e. The van der Waals surface area contributed by atoms with E-state index >= 15 is 0 Å². The Bertz CT molecular complexity index is 482. The van der Waals surface area contributed by atoms with Crippen molar-refractivity contribution in [3.63, 3.8) is 0 Å². The van der Waals surface area contributed by atoms with Gasteiger partial charge in [0.15, 0.2) is 5.82 Å². The highest BCUT2D eigenvalue weighted by molar-refractivity contribution is 5.17. The van der Waals surface area contributed by atoms with Crippen molar-refractivity contribution >= 4 is 0 Å². The van der Waals surface area contributed by atoms with Crippen molar-refractivity contribution in [2.24, 2.45) is 0 Å². The first-order chi connectivity index (χ1) is 7.66. The average Bonchev–Trinajstić information content (AvgIpc) is 2.66. The van der Waals surface area contributed by atoms with Gasteiger partial charge in [0.25, 0.3) is 0 Å². The molecule has 0 radical (unpaired) electrons. The number of hydrogen-bond acceptors (Lipinski definition) is 3. The van der Waals surface area contributed by atoms with Gasteiger partial charge in [0.2, 0.25) is 0 Å². The summed E-state index contributed by atoms with van der Waals surface area (Å²) in [5.74, 6) is 0.202. The molecule has 2 rings (SSSR count). The van der Waals surface area contributed by atoms with Crippen LogP contribution in [0.15, 0.2) is 30.6 Å². The van der Waals surface area contributed by atoms with Gasteiger partial charge in [-0.3, -0.25) is 0 Å². The van der Waals surface area contributed by atoms with Gasteiger partial charge in [-0.2, -0.15) is 0 Å². The second kappa shape index (κ2) is 4.40. The first-order valence-electron chi connectivity index (χ1n) is 4.97. The van der Waals surface area contributed by atoms with E-state index < -0.39 is 6.10 Å². The number of aliphatic hydroxyl groups is 1. The summed E-state index contributed by atoms with van der Waals surface area (Å²) in [7, 11) is 0. The Kier molecular flexibility index (Phi) is 2.96. The van der Waals surface area contributed by atoms with E-state index in [4.69, 9.17) is 0 Å². The minimum absolute atomic E-state index is 0.274. The Morgan fingerprint density at radius 1 is 1.50 bits per heavy atom. The molecule has 1 unspecified atom stereocenters. The summed E-state index contributed by atoms with van der Waals surface area (Å²) >= 11 is 0. The Balaban J connectivity index is 2.24. The third-order valence-electron chi connectivity index (χ3n) is 2.26. The molecule has 16 heavy (non-hydrogen) atoms. The highest BCUT2D eigenvalue weighted by Crippen LogP contribution is 2.11. The van der Waals surface area contributed by atoms with E-state index in [2.05, 4.69) is 10.2 Å². The Morgan fingerprint density at radius 2 is 2.31 bits per heavy atom. The van der Waals surface area contributed by atoms with Gasteiger partial charge in [-0.15, -0.1) is 10.2 Å². The molecule has 5 heteroatoms. The zero-order valence-electron chi connectivity index (χ0n) is 8.84. The molecule has 0 bridgehead atoms. The molecule has 4 nitrogen and oxygen atoms in total. The molecule has 0 saturated carbocycles. The van der Waals surface area contributed by atoms with Crippen LogP contribution in [0.1, 0.15) is 24.4 Å². The van der Waals surface area contributed by atoms with Gasteiger partial charge < -0.3 is 9.67 Å². The van der Waals surface area contributed by atoms with Crippen molar-refractivity contribution in [3.8, 4) is 0 Å². The van der Waals surface area contributed by atoms with E-state index in [0.29, 0.717) is 12.4 Å². The van der Waals surface area contributed by atoms with Crippen LogP contribution in [0.4, 0.5) is 4.39 Å². The lowest BCUT2D eigenvalue weighted by atomic mass is 10.2. The molecule has 0 fully saturated rings. The van der Waals surface area contributed by atoms with Gasteiger partial charge in [-0.05, 0) is 24.6 Å². The van der Waals surface area contributed by atoms with E-state index in [-0.39, 0.29) is 5.82 Å². The number of benzene rings is 1. The third kappa shape index (κ3) is 2.25. The summed E-state index contributed by atoms with van der Waals surface area (Å²) in [6, 6.07) is 6.31. The molecular weight excluding hydrogens is 209 g/mol. The van der Waals surface area contributed by atoms with Crippen molar-refractivity contribution < 1.29 is 9.50 Å². The number of nitrogens with zero attached hydrogens (tertiary/aromatic N) is 3. The fourth-order valence-electron chi connectivity index (χ4n) is 1.54. The first kappa shape index (κ1) is 10.8. The number of aliphatic hydroxyl groups excluding tert-OH is 1. The fourth-order valence-corrected chi connectivity index (χ4v) is 1.54. The standard InChI is InChI=1S/C11H12FN3O/c1-8(16)11-14-13-7-15(11)6-9-3-2-4-10(12)5-9/h2-5,7-8,16H,6H2,1H3. The van der Waals surface area contributed by atoms with Gasteiger partial charge in [-0.25, -0.2) is 4.39 Å². The SMILES string of the molecule is CC(O)c1nncn1Cc1cccc(F)c1. The second-order valence-electron chi connectivity index (χ2n) is 3.62. The van der Waals surface area contributed by atoms with E-state index in [1.165, 1.54) is 18.5 Å². The maximum Gasteiger partial charge on any atom is 0.161 e. The van der Waals surface area contributed by atoms with Crippen molar-refractivity contribution in [2.75, 3.05) is 0 Å². The van der Waals surface area contributed by atoms with Gasteiger partial charge in [0.05, 0.1) is 6.54 Å². The molecule has 0 spiro atoms. The van der Waals surface area contributed by atoms with E-state index in [1.807, 2.05) is 6.07 Å².